The summed E-state index contributed by atoms with van der Waals surface area (Å²) in [6.45, 7) is 4.47. The summed E-state index contributed by atoms with van der Waals surface area (Å²) in [6, 6.07) is 13.1. The third-order valence-corrected chi connectivity index (χ3v) is 5.28. The standard InChI is InChI=1S/C28H29F2NO6/c1-28(2,3)37-24(32)16-31(27(33)25-20(29)11-8-12-21(25)30)19-10-7-9-17(13-19)18-14-22(34-4)26(36-6)23(15-18)35-5/h7-15H,16H2,1-6H3. The second kappa shape index (κ2) is 11.3. The lowest BCUT2D eigenvalue weighted by Gasteiger charge is -2.26. The van der Waals surface area contributed by atoms with Gasteiger partial charge in [-0.25, -0.2) is 8.78 Å². The maximum atomic E-state index is 14.5. The molecule has 0 N–H and O–H groups in total. The van der Waals surface area contributed by atoms with Crippen LogP contribution in [0.15, 0.2) is 54.6 Å². The van der Waals surface area contributed by atoms with E-state index in [2.05, 4.69) is 0 Å². The Hall–Kier alpha value is -4.14. The normalized spacial score (nSPS) is 11.0. The molecule has 0 aliphatic heterocycles. The summed E-state index contributed by atoms with van der Waals surface area (Å²) in [7, 11) is 4.46. The van der Waals surface area contributed by atoms with Gasteiger partial charge in [0.25, 0.3) is 5.91 Å². The fourth-order valence-corrected chi connectivity index (χ4v) is 3.72. The van der Waals surface area contributed by atoms with Crippen LogP contribution in [0.4, 0.5) is 14.5 Å². The maximum Gasteiger partial charge on any atom is 0.326 e. The largest absolute Gasteiger partial charge is 0.493 e. The number of amides is 1. The fraction of sp³-hybridized carbons (Fsp3) is 0.286. The number of carbonyl (C=O) groups excluding carboxylic acids is 2. The summed E-state index contributed by atoms with van der Waals surface area (Å²) < 4.78 is 50.6. The zero-order chi connectivity index (χ0) is 27.3. The predicted molar refractivity (Wildman–Crippen MR) is 135 cm³/mol. The molecular formula is C28H29F2NO6. The number of esters is 1. The zero-order valence-electron chi connectivity index (χ0n) is 21.6. The number of hydrogen-bond donors (Lipinski definition) is 0. The first-order valence-corrected chi connectivity index (χ1v) is 11.4. The van der Waals surface area contributed by atoms with E-state index in [0.717, 1.165) is 23.1 Å². The van der Waals surface area contributed by atoms with Crippen LogP contribution in [0.2, 0.25) is 0 Å². The topological polar surface area (TPSA) is 74.3 Å². The minimum Gasteiger partial charge on any atom is -0.493 e. The lowest BCUT2D eigenvalue weighted by atomic mass is 10.0. The van der Waals surface area contributed by atoms with Crippen LogP contribution >= 0.6 is 0 Å². The zero-order valence-corrected chi connectivity index (χ0v) is 21.6. The minimum atomic E-state index is -1.04. The molecule has 0 saturated carbocycles. The van der Waals surface area contributed by atoms with Crippen molar-refractivity contribution in [3.63, 3.8) is 0 Å². The monoisotopic (exact) mass is 513 g/mol. The molecule has 0 aliphatic carbocycles. The Morgan fingerprint density at radius 1 is 0.811 bits per heavy atom. The van der Waals surface area contributed by atoms with Crippen LogP contribution in [-0.4, -0.2) is 45.4 Å². The van der Waals surface area contributed by atoms with E-state index in [1.807, 2.05) is 0 Å². The van der Waals surface area contributed by atoms with Crippen LogP contribution in [0, 0.1) is 11.6 Å². The molecule has 9 heteroatoms. The molecule has 0 spiro atoms. The highest BCUT2D eigenvalue weighted by Gasteiger charge is 2.28. The van der Waals surface area contributed by atoms with Crippen LogP contribution in [0.3, 0.4) is 0 Å². The molecule has 0 bridgehead atoms. The fourth-order valence-electron chi connectivity index (χ4n) is 3.72. The molecule has 7 nitrogen and oxygen atoms in total. The summed E-state index contributed by atoms with van der Waals surface area (Å²) in [5.74, 6) is -2.62. The predicted octanol–water partition coefficient (Wildman–Crippen LogP) is 5.65. The number of hydrogen-bond acceptors (Lipinski definition) is 6. The molecule has 3 rings (SSSR count). The van der Waals surface area contributed by atoms with Crippen LogP contribution in [0.25, 0.3) is 11.1 Å². The minimum absolute atomic E-state index is 0.227. The van der Waals surface area contributed by atoms with E-state index in [9.17, 15) is 18.4 Å². The Kier molecular flexibility index (Phi) is 8.37. The van der Waals surface area contributed by atoms with Crippen molar-refractivity contribution < 1.29 is 37.3 Å². The van der Waals surface area contributed by atoms with Crippen LogP contribution in [0.5, 0.6) is 17.2 Å². The number of rotatable bonds is 8. The average molecular weight is 514 g/mol. The average Bonchev–Trinajstić information content (AvgIpc) is 2.85. The van der Waals surface area contributed by atoms with Gasteiger partial charge in [0.1, 0.15) is 29.3 Å². The Balaban J connectivity index is 2.12. The maximum absolute atomic E-state index is 14.5. The molecule has 196 valence electrons. The number of halogens is 2. The van der Waals surface area contributed by atoms with Gasteiger partial charge < -0.3 is 18.9 Å². The summed E-state index contributed by atoms with van der Waals surface area (Å²) in [6.07, 6.45) is 0. The van der Waals surface area contributed by atoms with Crippen molar-refractivity contribution in [2.45, 2.75) is 26.4 Å². The highest BCUT2D eigenvalue weighted by atomic mass is 19.1. The molecule has 3 aromatic rings. The van der Waals surface area contributed by atoms with Gasteiger partial charge >= 0.3 is 5.97 Å². The van der Waals surface area contributed by atoms with Crippen molar-refractivity contribution in [3.05, 3.63) is 71.8 Å². The number of anilines is 1. The van der Waals surface area contributed by atoms with Crippen molar-refractivity contribution in [1.82, 2.24) is 0 Å². The van der Waals surface area contributed by atoms with Crippen LogP contribution in [0.1, 0.15) is 31.1 Å². The third-order valence-electron chi connectivity index (χ3n) is 5.28. The summed E-state index contributed by atoms with van der Waals surface area (Å²) in [5.41, 5.74) is -0.104. The smallest absolute Gasteiger partial charge is 0.326 e. The quantitative estimate of drug-likeness (QED) is 0.363. The lowest BCUT2D eigenvalue weighted by Crippen LogP contribution is -2.39. The molecule has 37 heavy (non-hydrogen) atoms. The first-order valence-electron chi connectivity index (χ1n) is 11.4. The van der Waals surface area contributed by atoms with Gasteiger partial charge in [-0.1, -0.05) is 18.2 Å². The number of nitrogens with zero attached hydrogens (tertiary/aromatic N) is 1. The summed E-state index contributed by atoms with van der Waals surface area (Å²) >= 11 is 0. The van der Waals surface area contributed by atoms with E-state index < -0.39 is 41.2 Å². The van der Waals surface area contributed by atoms with Crippen LogP contribution < -0.4 is 19.1 Å². The highest BCUT2D eigenvalue weighted by Crippen LogP contribution is 2.41. The Labute approximate surface area is 214 Å². The van der Waals surface area contributed by atoms with Crippen molar-refractivity contribution in [1.29, 1.82) is 0 Å². The molecule has 0 radical (unpaired) electrons. The molecule has 0 aromatic heterocycles. The molecule has 3 aromatic carbocycles. The van der Waals surface area contributed by atoms with Gasteiger partial charge in [-0.05, 0) is 68.3 Å². The van der Waals surface area contributed by atoms with E-state index in [1.54, 1.807) is 57.2 Å². The number of methoxy groups -OCH3 is 3. The molecule has 0 heterocycles. The molecule has 0 aliphatic rings. The molecular weight excluding hydrogens is 484 g/mol. The summed E-state index contributed by atoms with van der Waals surface area (Å²) in [4.78, 5) is 27.1. The van der Waals surface area contributed by atoms with Gasteiger partial charge in [0.15, 0.2) is 11.5 Å². The van der Waals surface area contributed by atoms with Gasteiger partial charge in [0, 0.05) is 5.69 Å². The van der Waals surface area contributed by atoms with E-state index >= 15 is 0 Å². The van der Waals surface area contributed by atoms with Crippen LogP contribution in [-0.2, 0) is 9.53 Å². The molecule has 0 saturated heterocycles. The van der Waals surface area contributed by atoms with Gasteiger partial charge in [-0.2, -0.15) is 0 Å². The second-order valence-electron chi connectivity index (χ2n) is 9.04. The van der Waals surface area contributed by atoms with E-state index in [1.165, 1.54) is 21.3 Å². The van der Waals surface area contributed by atoms with Crippen molar-refractivity contribution >= 4 is 17.6 Å². The first kappa shape index (κ1) is 27.4. The van der Waals surface area contributed by atoms with Gasteiger partial charge in [-0.15, -0.1) is 0 Å². The first-order chi connectivity index (χ1) is 17.5. The van der Waals surface area contributed by atoms with Gasteiger partial charge in [-0.3, -0.25) is 14.5 Å². The van der Waals surface area contributed by atoms with Gasteiger partial charge in [0.05, 0.1) is 21.3 Å². The number of benzene rings is 3. The molecule has 0 unspecified atom stereocenters. The number of ether oxygens (including phenoxy) is 4. The third kappa shape index (κ3) is 6.35. The SMILES string of the molecule is COc1cc(-c2cccc(N(CC(=O)OC(C)(C)C)C(=O)c3c(F)cccc3F)c2)cc(OC)c1OC. The lowest BCUT2D eigenvalue weighted by molar-refractivity contribution is -0.152. The highest BCUT2D eigenvalue weighted by molar-refractivity contribution is 6.09. The van der Waals surface area contributed by atoms with Gasteiger partial charge in [0.2, 0.25) is 5.75 Å². The van der Waals surface area contributed by atoms with E-state index in [0.29, 0.717) is 28.4 Å². The Morgan fingerprint density at radius 3 is 1.89 bits per heavy atom. The molecule has 1 amide bonds. The summed E-state index contributed by atoms with van der Waals surface area (Å²) in [5, 5.41) is 0. The van der Waals surface area contributed by atoms with E-state index in [4.69, 9.17) is 18.9 Å². The Bertz CT molecular complexity index is 1260. The van der Waals surface area contributed by atoms with Crippen molar-refractivity contribution in [2.75, 3.05) is 32.8 Å². The number of carbonyl (C=O) groups is 2. The Morgan fingerprint density at radius 2 is 1.38 bits per heavy atom. The molecule has 0 atom stereocenters. The molecule has 0 fully saturated rings. The second-order valence-corrected chi connectivity index (χ2v) is 9.04. The van der Waals surface area contributed by atoms with Crippen molar-refractivity contribution in [2.24, 2.45) is 0 Å². The van der Waals surface area contributed by atoms with E-state index in [-0.39, 0.29) is 5.69 Å². The van der Waals surface area contributed by atoms with Crippen molar-refractivity contribution in [3.8, 4) is 28.4 Å².